The molecule has 3 fully saturated rings. The minimum atomic E-state index is -0.228. The van der Waals surface area contributed by atoms with Crippen LogP contribution in [-0.2, 0) is 9.59 Å². The molecule has 0 spiro atoms. The quantitative estimate of drug-likeness (QED) is 0.687. The summed E-state index contributed by atoms with van der Waals surface area (Å²) in [5.41, 5.74) is 2.33. The van der Waals surface area contributed by atoms with Crippen molar-refractivity contribution >= 4 is 29.1 Å². The van der Waals surface area contributed by atoms with Crippen molar-refractivity contribution in [3.8, 4) is 0 Å². The SMILES string of the molecule is O=C(NCC1CC1)C1CCCN(C2NC(=O)C3SC=C(c4ccccc4)C3N2)C1. The van der Waals surface area contributed by atoms with Gasteiger partial charge >= 0.3 is 0 Å². The standard InChI is InChI=1S/C22H28N4O2S/c27-20(23-11-14-8-9-14)16-7-4-10-26(12-16)22-24-18-17(15-5-2-1-3-6-15)13-29-19(18)21(28)25-22/h1-3,5-6,13-14,16,18-19,22,24H,4,7-12H2,(H,23,27)(H,25,28). The molecule has 1 aliphatic carbocycles. The van der Waals surface area contributed by atoms with E-state index in [-0.39, 0.29) is 35.3 Å². The maximum atomic E-state index is 12.8. The summed E-state index contributed by atoms with van der Waals surface area (Å²) in [6.07, 6.45) is 4.15. The topological polar surface area (TPSA) is 73.5 Å². The Balaban J connectivity index is 1.25. The summed E-state index contributed by atoms with van der Waals surface area (Å²) in [5.74, 6) is 0.938. The Bertz CT molecular complexity index is 810. The molecule has 4 unspecified atom stereocenters. The van der Waals surface area contributed by atoms with E-state index in [4.69, 9.17) is 0 Å². The van der Waals surface area contributed by atoms with Crippen molar-refractivity contribution in [2.75, 3.05) is 19.6 Å². The van der Waals surface area contributed by atoms with E-state index in [1.807, 2.05) is 18.2 Å². The van der Waals surface area contributed by atoms with Gasteiger partial charge in [-0.3, -0.25) is 19.8 Å². The summed E-state index contributed by atoms with van der Waals surface area (Å²) in [6.45, 7) is 2.39. The average Bonchev–Trinajstić information content (AvgIpc) is 3.49. The molecule has 3 aliphatic heterocycles. The van der Waals surface area contributed by atoms with Crippen LogP contribution in [0.15, 0.2) is 35.7 Å². The molecule has 2 amide bonds. The zero-order valence-corrected chi connectivity index (χ0v) is 17.3. The first-order valence-electron chi connectivity index (χ1n) is 10.7. The van der Waals surface area contributed by atoms with Crippen LogP contribution in [0.25, 0.3) is 5.57 Å². The van der Waals surface area contributed by atoms with E-state index in [1.165, 1.54) is 18.4 Å². The molecule has 1 saturated carbocycles. The van der Waals surface area contributed by atoms with E-state index in [1.54, 1.807) is 11.8 Å². The van der Waals surface area contributed by atoms with E-state index < -0.39 is 0 Å². The Morgan fingerprint density at radius 3 is 2.83 bits per heavy atom. The summed E-state index contributed by atoms with van der Waals surface area (Å²) in [5, 5.41) is 11.9. The largest absolute Gasteiger partial charge is 0.356 e. The Kier molecular flexibility index (Phi) is 5.37. The van der Waals surface area contributed by atoms with Crippen LogP contribution in [0, 0.1) is 11.8 Å². The highest BCUT2D eigenvalue weighted by Gasteiger charge is 2.44. The van der Waals surface area contributed by atoms with Crippen LogP contribution in [0.3, 0.4) is 0 Å². The van der Waals surface area contributed by atoms with Crippen LogP contribution in [0.4, 0.5) is 0 Å². The van der Waals surface area contributed by atoms with E-state index in [2.05, 4.69) is 38.4 Å². The molecule has 3 N–H and O–H groups in total. The lowest BCUT2D eigenvalue weighted by molar-refractivity contribution is -0.129. The predicted octanol–water partition coefficient (Wildman–Crippen LogP) is 1.75. The summed E-state index contributed by atoms with van der Waals surface area (Å²) < 4.78 is 0. The highest BCUT2D eigenvalue weighted by atomic mass is 32.2. The average molecular weight is 413 g/mol. The molecular weight excluding hydrogens is 384 g/mol. The number of likely N-dealkylation sites (tertiary alicyclic amines) is 1. The van der Waals surface area contributed by atoms with E-state index in [9.17, 15) is 9.59 Å². The van der Waals surface area contributed by atoms with Crippen molar-refractivity contribution in [1.82, 2.24) is 20.9 Å². The van der Waals surface area contributed by atoms with Crippen molar-refractivity contribution in [3.05, 3.63) is 41.3 Å². The highest BCUT2D eigenvalue weighted by molar-refractivity contribution is 8.04. The van der Waals surface area contributed by atoms with Crippen LogP contribution in [-0.4, -0.2) is 53.9 Å². The number of fused-ring (bicyclic) bond motifs is 1. The number of carbonyl (C=O) groups is 2. The van der Waals surface area contributed by atoms with Gasteiger partial charge in [0.25, 0.3) is 0 Å². The number of amides is 2. The number of rotatable bonds is 5. The molecule has 0 aromatic heterocycles. The van der Waals surface area contributed by atoms with Crippen LogP contribution in [0.1, 0.15) is 31.2 Å². The van der Waals surface area contributed by atoms with Gasteiger partial charge in [0.05, 0.1) is 12.0 Å². The number of thioether (sulfide) groups is 1. The first-order chi connectivity index (χ1) is 14.2. The molecular formula is C22H28N4O2S. The third-order valence-corrected chi connectivity index (χ3v) is 7.58. The molecule has 6 nitrogen and oxygen atoms in total. The number of hydrogen-bond acceptors (Lipinski definition) is 5. The van der Waals surface area contributed by atoms with Crippen LogP contribution >= 0.6 is 11.8 Å². The molecule has 1 aromatic rings. The van der Waals surface area contributed by atoms with Crippen molar-refractivity contribution in [3.63, 3.8) is 0 Å². The Morgan fingerprint density at radius 2 is 2.03 bits per heavy atom. The van der Waals surface area contributed by atoms with Crippen LogP contribution < -0.4 is 16.0 Å². The molecule has 154 valence electrons. The van der Waals surface area contributed by atoms with Gasteiger partial charge in [-0.2, -0.15) is 0 Å². The third kappa shape index (κ3) is 4.09. The molecule has 29 heavy (non-hydrogen) atoms. The normalized spacial score (nSPS) is 32.3. The van der Waals surface area contributed by atoms with Crippen LogP contribution in [0.2, 0.25) is 0 Å². The van der Waals surface area contributed by atoms with Gasteiger partial charge in [0.1, 0.15) is 11.5 Å². The zero-order chi connectivity index (χ0) is 19.8. The monoisotopic (exact) mass is 412 g/mol. The fraction of sp³-hybridized carbons (Fsp3) is 0.545. The van der Waals surface area contributed by atoms with Gasteiger partial charge in [-0.15, -0.1) is 11.8 Å². The van der Waals surface area contributed by atoms with E-state index in [0.29, 0.717) is 12.5 Å². The van der Waals surface area contributed by atoms with E-state index >= 15 is 0 Å². The summed E-state index contributed by atoms with van der Waals surface area (Å²) in [4.78, 5) is 27.6. The van der Waals surface area contributed by atoms with Gasteiger partial charge in [-0.05, 0) is 48.1 Å². The smallest absolute Gasteiger partial charge is 0.237 e. The number of nitrogens with zero attached hydrogens (tertiary/aromatic N) is 1. The predicted molar refractivity (Wildman–Crippen MR) is 115 cm³/mol. The number of hydrogen-bond donors (Lipinski definition) is 3. The molecule has 3 heterocycles. The molecule has 4 aliphatic rings. The van der Waals surface area contributed by atoms with Crippen molar-refractivity contribution < 1.29 is 9.59 Å². The second kappa shape index (κ2) is 8.13. The minimum absolute atomic E-state index is 0.000939. The lowest BCUT2D eigenvalue weighted by atomic mass is 9.94. The Morgan fingerprint density at radius 1 is 1.21 bits per heavy atom. The third-order valence-electron chi connectivity index (χ3n) is 6.41. The Hall–Kier alpha value is -1.83. The summed E-state index contributed by atoms with van der Waals surface area (Å²) in [6, 6.07) is 10.3. The fourth-order valence-electron chi connectivity index (χ4n) is 4.52. The van der Waals surface area contributed by atoms with E-state index in [0.717, 1.165) is 31.5 Å². The van der Waals surface area contributed by atoms with Gasteiger partial charge < -0.3 is 10.6 Å². The van der Waals surface area contributed by atoms with Gasteiger partial charge in [-0.1, -0.05) is 30.3 Å². The highest BCUT2D eigenvalue weighted by Crippen LogP contribution is 2.38. The lowest BCUT2D eigenvalue weighted by Gasteiger charge is -2.43. The van der Waals surface area contributed by atoms with Crippen LogP contribution in [0.5, 0.6) is 0 Å². The summed E-state index contributed by atoms with van der Waals surface area (Å²) >= 11 is 1.59. The molecule has 5 rings (SSSR count). The van der Waals surface area contributed by atoms with Gasteiger partial charge in [0.2, 0.25) is 11.8 Å². The zero-order valence-electron chi connectivity index (χ0n) is 16.5. The van der Waals surface area contributed by atoms with Crippen molar-refractivity contribution in [1.29, 1.82) is 0 Å². The number of benzene rings is 1. The second-order valence-electron chi connectivity index (χ2n) is 8.57. The molecule has 0 radical (unpaired) electrons. The first-order valence-corrected chi connectivity index (χ1v) is 11.6. The number of carbonyl (C=O) groups excluding carboxylic acids is 2. The fourth-order valence-corrected chi connectivity index (χ4v) is 5.67. The van der Waals surface area contributed by atoms with Gasteiger partial charge in [0, 0.05) is 19.6 Å². The van der Waals surface area contributed by atoms with Gasteiger partial charge in [-0.25, -0.2) is 0 Å². The molecule has 2 saturated heterocycles. The second-order valence-corrected chi connectivity index (χ2v) is 9.59. The maximum absolute atomic E-state index is 12.8. The number of piperidine rings is 1. The Labute approximate surface area is 175 Å². The molecule has 7 heteroatoms. The molecule has 1 aromatic carbocycles. The lowest BCUT2D eigenvalue weighted by Crippen LogP contribution is -2.69. The maximum Gasteiger partial charge on any atom is 0.237 e. The number of nitrogens with one attached hydrogen (secondary N) is 3. The minimum Gasteiger partial charge on any atom is -0.356 e. The first kappa shape index (κ1) is 19.2. The molecule has 0 bridgehead atoms. The molecule has 4 atom stereocenters. The van der Waals surface area contributed by atoms with Crippen molar-refractivity contribution in [2.45, 2.75) is 43.3 Å². The summed E-state index contributed by atoms with van der Waals surface area (Å²) in [7, 11) is 0. The van der Waals surface area contributed by atoms with Gasteiger partial charge in [0.15, 0.2) is 0 Å². The van der Waals surface area contributed by atoms with Crippen molar-refractivity contribution in [2.24, 2.45) is 11.8 Å².